The van der Waals surface area contributed by atoms with Crippen LogP contribution in [0.2, 0.25) is 14.7 Å². The molecule has 0 radical (unpaired) electrons. The first-order valence-corrected chi connectivity index (χ1v) is 19.0. The molecule has 2 nitrogen and oxygen atoms in total. The molecule has 0 N–H and O–H groups in total. The third-order valence-corrected chi connectivity index (χ3v) is 13.4. The van der Waals surface area contributed by atoms with Crippen LogP contribution < -0.4 is 0 Å². The zero-order chi connectivity index (χ0) is 26.2. The van der Waals surface area contributed by atoms with Crippen molar-refractivity contribution in [3.8, 4) is 0 Å². The number of carbonyl (C=O) groups excluding carboxylic acids is 1. The molecule has 3 aliphatic carbocycles. The Kier molecular flexibility index (Phi) is 7.06. The Hall–Kier alpha value is -2.68. The standard InChI is InChI=1S/C20H16O2.C13H17.2CH3.Ti/c21-19(22)20(16-10-4-1-5-11-16,17-12-6-2-7-13-17)18-14-8-3-9-15-18;1-3-7-12-10(5-1)9-11-6-2-4-8-13(11)12;;;/h1-15H,(H,21,22);9H,1-8H2;2*1H3;/q;;;;+1/p-1. The molecule has 0 saturated heterocycles. The van der Waals surface area contributed by atoms with Gasteiger partial charge in [-0.3, -0.25) is 0 Å². The Morgan fingerprint density at radius 3 is 1.39 bits per heavy atom. The van der Waals surface area contributed by atoms with Gasteiger partial charge in [0.25, 0.3) is 0 Å². The van der Waals surface area contributed by atoms with Gasteiger partial charge in [-0.15, -0.1) is 0 Å². The maximum atomic E-state index is 15.0. The molecule has 3 aromatic rings. The van der Waals surface area contributed by atoms with Crippen LogP contribution in [0.1, 0.15) is 68.1 Å². The van der Waals surface area contributed by atoms with E-state index in [0.717, 1.165) is 16.7 Å². The minimum absolute atomic E-state index is 0.117. The SMILES string of the molecule is [CH3][Ti]([CH3])([O]C(=O)C(c1ccccc1)(c1ccccc1)c1ccccc1)[CH]1C2=C(CCCC2)C2=C1CCCC2. The Balaban J connectivity index is 1.48. The Labute approximate surface area is 231 Å². The fraction of sp³-hybridized carbons (Fsp3) is 0.343. The van der Waals surface area contributed by atoms with Gasteiger partial charge in [-0.05, 0) is 0 Å². The summed E-state index contributed by atoms with van der Waals surface area (Å²) in [6.45, 7) is 0. The van der Waals surface area contributed by atoms with E-state index in [4.69, 9.17) is 3.32 Å². The van der Waals surface area contributed by atoms with E-state index in [-0.39, 0.29) is 5.97 Å². The molecule has 194 valence electrons. The number of hydrogen-bond donors (Lipinski definition) is 0. The van der Waals surface area contributed by atoms with Crippen molar-refractivity contribution in [2.24, 2.45) is 0 Å². The van der Waals surface area contributed by atoms with E-state index in [2.05, 4.69) is 46.9 Å². The first kappa shape index (κ1) is 25.6. The van der Waals surface area contributed by atoms with Crippen molar-refractivity contribution in [2.45, 2.75) is 71.5 Å². The van der Waals surface area contributed by atoms with Gasteiger partial charge in [-0.1, -0.05) is 0 Å². The zero-order valence-electron chi connectivity index (χ0n) is 22.7. The molecule has 0 aromatic heterocycles. The fourth-order valence-electron chi connectivity index (χ4n) is 7.53. The second-order valence-corrected chi connectivity index (χ2v) is 17.9. The first-order valence-electron chi connectivity index (χ1n) is 14.4. The summed E-state index contributed by atoms with van der Waals surface area (Å²) in [5.41, 5.74) is 8.47. The van der Waals surface area contributed by atoms with Gasteiger partial charge in [0.2, 0.25) is 0 Å². The third-order valence-electron chi connectivity index (χ3n) is 9.06. The molecule has 3 heteroatoms. The normalized spacial score (nSPS) is 18.3. The van der Waals surface area contributed by atoms with Gasteiger partial charge < -0.3 is 0 Å². The summed E-state index contributed by atoms with van der Waals surface area (Å²) in [6.07, 6.45) is 9.94. The third kappa shape index (κ3) is 4.27. The molecule has 0 saturated carbocycles. The van der Waals surface area contributed by atoms with Gasteiger partial charge in [0.05, 0.1) is 0 Å². The van der Waals surface area contributed by atoms with Crippen LogP contribution in [-0.4, -0.2) is 5.97 Å². The summed E-state index contributed by atoms with van der Waals surface area (Å²) >= 11 is -3.18. The molecule has 0 atom stereocenters. The molecule has 3 aliphatic rings. The average molecular weight is 539 g/mol. The van der Waals surface area contributed by atoms with Crippen LogP contribution in [-0.2, 0) is 30.5 Å². The molecule has 0 aliphatic heterocycles. The second-order valence-electron chi connectivity index (χ2n) is 11.7. The van der Waals surface area contributed by atoms with E-state index in [1.165, 1.54) is 51.4 Å². The molecule has 0 heterocycles. The summed E-state index contributed by atoms with van der Waals surface area (Å²) in [5.74, 6) is -0.117. The van der Waals surface area contributed by atoms with E-state index in [9.17, 15) is 4.79 Å². The maximum absolute atomic E-state index is 15.0. The van der Waals surface area contributed by atoms with Gasteiger partial charge in [0, 0.05) is 0 Å². The molecular formula is C35H38O2Ti. The molecule has 0 spiro atoms. The quantitative estimate of drug-likeness (QED) is 0.231. The zero-order valence-corrected chi connectivity index (χ0v) is 24.3. The number of benzene rings is 3. The van der Waals surface area contributed by atoms with Gasteiger partial charge in [0.1, 0.15) is 0 Å². The topological polar surface area (TPSA) is 26.3 Å². The molecular weight excluding hydrogens is 500 g/mol. The molecule has 0 fully saturated rings. The van der Waals surface area contributed by atoms with Crippen molar-refractivity contribution in [3.63, 3.8) is 0 Å². The fourth-order valence-corrected chi connectivity index (χ4v) is 12.3. The summed E-state index contributed by atoms with van der Waals surface area (Å²) < 4.78 is 7.41. The Bertz CT molecular complexity index is 1240. The van der Waals surface area contributed by atoms with Crippen molar-refractivity contribution in [3.05, 3.63) is 130 Å². The molecule has 3 aromatic carbocycles. The van der Waals surface area contributed by atoms with Crippen molar-refractivity contribution in [1.82, 2.24) is 0 Å². The predicted octanol–water partition coefficient (Wildman–Crippen LogP) is 9.27. The van der Waals surface area contributed by atoms with Gasteiger partial charge >= 0.3 is 232 Å². The number of rotatable bonds is 6. The van der Waals surface area contributed by atoms with E-state index >= 15 is 0 Å². The van der Waals surface area contributed by atoms with Crippen LogP contribution in [0.5, 0.6) is 0 Å². The Morgan fingerprint density at radius 1 is 0.632 bits per heavy atom. The van der Waals surface area contributed by atoms with Crippen molar-refractivity contribution < 1.29 is 25.1 Å². The van der Waals surface area contributed by atoms with Gasteiger partial charge in [-0.25, -0.2) is 0 Å². The Morgan fingerprint density at radius 2 is 1.00 bits per heavy atom. The minimum atomic E-state index is -3.18. The van der Waals surface area contributed by atoms with Crippen LogP contribution >= 0.6 is 0 Å². The van der Waals surface area contributed by atoms with Crippen LogP contribution in [0.25, 0.3) is 0 Å². The van der Waals surface area contributed by atoms with Crippen molar-refractivity contribution in [2.75, 3.05) is 0 Å². The van der Waals surface area contributed by atoms with Crippen LogP contribution in [0.15, 0.2) is 113 Å². The monoisotopic (exact) mass is 538 g/mol. The van der Waals surface area contributed by atoms with E-state index < -0.39 is 22.4 Å². The van der Waals surface area contributed by atoms with Crippen molar-refractivity contribution in [1.29, 1.82) is 0 Å². The van der Waals surface area contributed by atoms with Crippen molar-refractivity contribution >= 4 is 5.97 Å². The summed E-state index contributed by atoms with van der Waals surface area (Å²) in [4.78, 5) is 15.0. The molecule has 0 bridgehead atoms. The first-order chi connectivity index (χ1) is 18.5. The number of carbonyl (C=O) groups is 1. The van der Waals surface area contributed by atoms with Gasteiger partial charge in [0.15, 0.2) is 0 Å². The van der Waals surface area contributed by atoms with Gasteiger partial charge in [-0.2, -0.15) is 0 Å². The molecule has 6 rings (SSSR count). The molecule has 0 unspecified atom stereocenters. The number of allylic oxidation sites excluding steroid dienone is 4. The summed E-state index contributed by atoms with van der Waals surface area (Å²) in [5, 5.41) is 4.69. The van der Waals surface area contributed by atoms with Crippen LogP contribution in [0, 0.1) is 0 Å². The van der Waals surface area contributed by atoms with E-state index in [0.29, 0.717) is 4.22 Å². The summed E-state index contributed by atoms with van der Waals surface area (Å²) in [7, 11) is 0. The average Bonchev–Trinajstić information content (AvgIpc) is 3.30. The van der Waals surface area contributed by atoms with E-state index in [1.54, 1.807) is 22.3 Å². The van der Waals surface area contributed by atoms with Crippen LogP contribution in [0.3, 0.4) is 0 Å². The predicted molar refractivity (Wildman–Crippen MR) is 152 cm³/mol. The van der Waals surface area contributed by atoms with E-state index in [1.807, 2.05) is 54.6 Å². The molecule has 38 heavy (non-hydrogen) atoms. The number of fused-ring (bicyclic) bond motifs is 1. The molecule has 0 amide bonds. The second kappa shape index (κ2) is 10.5. The van der Waals surface area contributed by atoms with Crippen LogP contribution in [0.4, 0.5) is 0 Å². The number of hydrogen-bond acceptors (Lipinski definition) is 2. The summed E-state index contributed by atoms with van der Waals surface area (Å²) in [6, 6.07) is 30.8.